The maximum atomic E-state index is 12.9. The van der Waals surface area contributed by atoms with Gasteiger partial charge in [0.2, 0.25) is 0 Å². The molecule has 0 saturated carbocycles. The van der Waals surface area contributed by atoms with Gasteiger partial charge in [-0.2, -0.15) is 0 Å². The number of hydrogen-bond acceptors (Lipinski definition) is 4. The molecule has 1 N–H and O–H groups in total. The molecule has 0 aliphatic carbocycles. The Morgan fingerprint density at radius 3 is 2.89 bits per heavy atom. The number of halogens is 1. The monoisotopic (exact) mass is 253 g/mol. The van der Waals surface area contributed by atoms with E-state index >= 15 is 0 Å². The van der Waals surface area contributed by atoms with Gasteiger partial charge >= 0.3 is 5.97 Å². The largest absolute Gasteiger partial charge is 0.464 e. The van der Waals surface area contributed by atoms with E-state index in [0.29, 0.717) is 5.69 Å². The van der Waals surface area contributed by atoms with E-state index in [1.165, 1.54) is 18.2 Å². The maximum absolute atomic E-state index is 12.9. The molecule has 2 rings (SSSR count). The Bertz CT molecular complexity index is 477. The molecule has 1 amide bonds. The molecule has 1 aliphatic rings. The van der Waals surface area contributed by atoms with E-state index in [1.807, 2.05) is 0 Å². The Kier molecular flexibility index (Phi) is 3.57. The summed E-state index contributed by atoms with van der Waals surface area (Å²) in [6, 6.07) is 5.47. The highest BCUT2D eigenvalue weighted by molar-refractivity contribution is 6.00. The number of carbonyl (C=O) groups is 2. The van der Waals surface area contributed by atoms with Crippen molar-refractivity contribution in [2.75, 3.05) is 11.9 Å². The standard InChI is InChI=1S/C12H12FNO4/c1-2-17-12(16)10-9(18-10)11(15)14-8-5-3-4-7(13)6-8/h3-6,9-10H,2H2,1H3,(H,14,15). The molecule has 96 valence electrons. The van der Waals surface area contributed by atoms with Gasteiger partial charge in [0.1, 0.15) is 5.82 Å². The van der Waals surface area contributed by atoms with Crippen molar-refractivity contribution in [2.24, 2.45) is 0 Å². The topological polar surface area (TPSA) is 67.9 Å². The Morgan fingerprint density at radius 2 is 2.22 bits per heavy atom. The van der Waals surface area contributed by atoms with Gasteiger partial charge in [0, 0.05) is 5.69 Å². The van der Waals surface area contributed by atoms with Crippen LogP contribution in [0.1, 0.15) is 6.92 Å². The van der Waals surface area contributed by atoms with Gasteiger partial charge in [-0.15, -0.1) is 0 Å². The van der Waals surface area contributed by atoms with Crippen LogP contribution in [0.25, 0.3) is 0 Å². The quantitative estimate of drug-likeness (QED) is 0.644. The summed E-state index contributed by atoms with van der Waals surface area (Å²) in [5, 5.41) is 2.46. The lowest BCUT2D eigenvalue weighted by atomic mass is 10.2. The van der Waals surface area contributed by atoms with Crippen molar-refractivity contribution in [1.82, 2.24) is 0 Å². The zero-order chi connectivity index (χ0) is 13.1. The molecule has 5 nitrogen and oxygen atoms in total. The minimum absolute atomic E-state index is 0.233. The first-order valence-electron chi connectivity index (χ1n) is 5.50. The number of nitrogens with one attached hydrogen (secondary N) is 1. The third-order valence-corrected chi connectivity index (χ3v) is 2.36. The van der Waals surface area contributed by atoms with Crippen molar-refractivity contribution in [3.05, 3.63) is 30.1 Å². The predicted molar refractivity (Wildman–Crippen MR) is 60.3 cm³/mol. The van der Waals surface area contributed by atoms with Crippen LogP contribution < -0.4 is 5.32 Å². The second kappa shape index (κ2) is 5.14. The van der Waals surface area contributed by atoms with Crippen LogP contribution in [0.3, 0.4) is 0 Å². The van der Waals surface area contributed by atoms with Gasteiger partial charge < -0.3 is 14.8 Å². The smallest absolute Gasteiger partial charge is 0.338 e. The molecule has 1 aromatic carbocycles. The number of amides is 1. The highest BCUT2D eigenvalue weighted by atomic mass is 19.1. The summed E-state index contributed by atoms with van der Waals surface area (Å²) in [4.78, 5) is 22.9. The van der Waals surface area contributed by atoms with Crippen LogP contribution in [-0.4, -0.2) is 30.7 Å². The first-order chi connectivity index (χ1) is 8.61. The molecule has 0 spiro atoms. The fraction of sp³-hybridized carbons (Fsp3) is 0.333. The summed E-state index contributed by atoms with van der Waals surface area (Å²) in [6.45, 7) is 1.90. The second-order valence-corrected chi connectivity index (χ2v) is 3.73. The van der Waals surface area contributed by atoms with E-state index in [4.69, 9.17) is 9.47 Å². The molecule has 1 saturated heterocycles. The number of benzene rings is 1. The van der Waals surface area contributed by atoms with Crippen molar-refractivity contribution < 1.29 is 23.5 Å². The Morgan fingerprint density at radius 1 is 1.44 bits per heavy atom. The van der Waals surface area contributed by atoms with E-state index in [2.05, 4.69) is 5.32 Å². The minimum Gasteiger partial charge on any atom is -0.464 e. The van der Waals surface area contributed by atoms with Gasteiger partial charge in [0.25, 0.3) is 5.91 Å². The third kappa shape index (κ3) is 2.84. The lowest BCUT2D eigenvalue weighted by Crippen LogP contribution is -2.23. The number of anilines is 1. The average Bonchev–Trinajstić information content (AvgIpc) is 3.09. The van der Waals surface area contributed by atoms with Crippen LogP contribution >= 0.6 is 0 Å². The Labute approximate surface area is 103 Å². The average molecular weight is 253 g/mol. The fourth-order valence-corrected chi connectivity index (χ4v) is 1.50. The Balaban J connectivity index is 1.89. The highest BCUT2D eigenvalue weighted by Crippen LogP contribution is 2.25. The van der Waals surface area contributed by atoms with Gasteiger partial charge in [0.15, 0.2) is 12.2 Å². The summed E-state index contributed by atoms with van der Waals surface area (Å²) in [5.74, 6) is -1.50. The molecule has 1 aromatic rings. The summed E-state index contributed by atoms with van der Waals surface area (Å²) < 4.78 is 22.5. The SMILES string of the molecule is CCOC(=O)C1OC1C(=O)Nc1cccc(F)c1. The van der Waals surface area contributed by atoms with Crippen LogP contribution in [0, 0.1) is 5.82 Å². The van der Waals surface area contributed by atoms with Gasteiger partial charge in [0.05, 0.1) is 6.61 Å². The van der Waals surface area contributed by atoms with E-state index in [1.54, 1.807) is 13.0 Å². The van der Waals surface area contributed by atoms with Gasteiger partial charge in [-0.25, -0.2) is 9.18 Å². The second-order valence-electron chi connectivity index (χ2n) is 3.73. The Hall–Kier alpha value is -1.95. The van der Waals surface area contributed by atoms with E-state index in [9.17, 15) is 14.0 Å². The zero-order valence-corrected chi connectivity index (χ0v) is 9.68. The molecule has 1 fully saturated rings. The number of esters is 1. The normalized spacial score (nSPS) is 21.2. The van der Waals surface area contributed by atoms with E-state index in [0.717, 1.165) is 0 Å². The van der Waals surface area contributed by atoms with Gasteiger partial charge in [-0.1, -0.05) is 6.07 Å². The van der Waals surface area contributed by atoms with Crippen LogP contribution in [0.2, 0.25) is 0 Å². The molecule has 1 aliphatic heterocycles. The van der Waals surface area contributed by atoms with Crippen LogP contribution in [0.5, 0.6) is 0 Å². The van der Waals surface area contributed by atoms with Crippen molar-refractivity contribution in [2.45, 2.75) is 19.1 Å². The molecule has 6 heteroatoms. The first-order valence-corrected chi connectivity index (χ1v) is 5.50. The summed E-state index contributed by atoms with van der Waals surface area (Å²) >= 11 is 0. The summed E-state index contributed by atoms with van der Waals surface area (Å²) in [5.41, 5.74) is 0.318. The molecule has 18 heavy (non-hydrogen) atoms. The molecular weight excluding hydrogens is 241 g/mol. The van der Waals surface area contributed by atoms with E-state index in [-0.39, 0.29) is 6.61 Å². The van der Waals surface area contributed by atoms with Crippen LogP contribution in [-0.2, 0) is 19.1 Å². The number of hydrogen-bond donors (Lipinski definition) is 1. The molecule has 2 unspecified atom stereocenters. The minimum atomic E-state index is -0.854. The number of rotatable bonds is 4. The summed E-state index contributed by atoms with van der Waals surface area (Å²) in [7, 11) is 0. The van der Waals surface area contributed by atoms with Crippen molar-refractivity contribution >= 4 is 17.6 Å². The van der Waals surface area contributed by atoms with Crippen molar-refractivity contribution in [3.8, 4) is 0 Å². The molecule has 2 atom stereocenters. The predicted octanol–water partition coefficient (Wildman–Crippen LogP) is 1.09. The molecule has 1 heterocycles. The highest BCUT2D eigenvalue weighted by Gasteiger charge is 2.51. The lowest BCUT2D eigenvalue weighted by molar-refractivity contribution is -0.144. The molecule has 0 bridgehead atoms. The lowest BCUT2D eigenvalue weighted by Gasteiger charge is -2.02. The third-order valence-electron chi connectivity index (χ3n) is 2.36. The number of epoxide rings is 1. The maximum Gasteiger partial charge on any atom is 0.338 e. The van der Waals surface area contributed by atoms with Gasteiger partial charge in [-0.05, 0) is 25.1 Å². The molecular formula is C12H12FNO4. The van der Waals surface area contributed by atoms with Crippen molar-refractivity contribution in [1.29, 1.82) is 0 Å². The number of ether oxygens (including phenoxy) is 2. The van der Waals surface area contributed by atoms with Crippen molar-refractivity contribution in [3.63, 3.8) is 0 Å². The fourth-order valence-electron chi connectivity index (χ4n) is 1.50. The zero-order valence-electron chi connectivity index (χ0n) is 9.68. The van der Waals surface area contributed by atoms with Gasteiger partial charge in [-0.3, -0.25) is 4.79 Å². The van der Waals surface area contributed by atoms with Crippen LogP contribution in [0.4, 0.5) is 10.1 Å². The van der Waals surface area contributed by atoms with Crippen LogP contribution in [0.15, 0.2) is 24.3 Å². The molecule has 0 radical (unpaired) electrons. The number of carbonyl (C=O) groups excluding carboxylic acids is 2. The van der Waals surface area contributed by atoms with E-state index < -0.39 is 29.9 Å². The summed E-state index contributed by atoms with van der Waals surface area (Å²) in [6.07, 6.45) is -1.70. The molecule has 0 aromatic heterocycles. The first kappa shape index (κ1) is 12.5.